The van der Waals surface area contributed by atoms with Crippen molar-refractivity contribution in [2.75, 3.05) is 13.1 Å². The number of hydrogen-bond acceptors (Lipinski definition) is 4. The van der Waals surface area contributed by atoms with E-state index in [1.54, 1.807) is 11.8 Å². The van der Waals surface area contributed by atoms with E-state index in [4.69, 9.17) is 10.5 Å². The zero-order chi connectivity index (χ0) is 17.8. The van der Waals surface area contributed by atoms with Crippen molar-refractivity contribution in [2.24, 2.45) is 5.73 Å². The van der Waals surface area contributed by atoms with Gasteiger partial charge in [-0.2, -0.15) is 0 Å². The first-order valence-electron chi connectivity index (χ1n) is 9.09. The van der Waals surface area contributed by atoms with Gasteiger partial charge in [0.15, 0.2) is 0 Å². The lowest BCUT2D eigenvalue weighted by molar-refractivity contribution is -0.133. The molecule has 136 valence electrons. The molecule has 0 aromatic heterocycles. The molecule has 1 aromatic rings. The van der Waals surface area contributed by atoms with Crippen molar-refractivity contribution in [3.8, 4) is 0 Å². The van der Waals surface area contributed by atoms with Gasteiger partial charge in [-0.15, -0.1) is 0 Å². The van der Waals surface area contributed by atoms with Crippen LogP contribution in [0, 0.1) is 0 Å². The van der Waals surface area contributed by atoms with Crippen molar-refractivity contribution < 1.29 is 14.3 Å². The average molecular weight is 345 g/mol. The van der Waals surface area contributed by atoms with Crippen LogP contribution in [0.1, 0.15) is 38.2 Å². The van der Waals surface area contributed by atoms with Gasteiger partial charge in [0.1, 0.15) is 6.61 Å². The smallest absolute Gasteiger partial charge is 0.410 e. The summed E-state index contributed by atoms with van der Waals surface area (Å²) in [5.41, 5.74) is 6.73. The van der Waals surface area contributed by atoms with Gasteiger partial charge >= 0.3 is 6.09 Å². The minimum atomic E-state index is -0.500. The normalized spacial score (nSPS) is 21.0. The van der Waals surface area contributed by atoms with Crippen LogP contribution in [0.5, 0.6) is 0 Å². The highest BCUT2D eigenvalue weighted by molar-refractivity contribution is 5.81. The second-order valence-corrected chi connectivity index (χ2v) is 7.04. The molecule has 2 fully saturated rings. The van der Waals surface area contributed by atoms with Gasteiger partial charge in [-0.1, -0.05) is 30.3 Å². The number of benzene rings is 1. The third-order valence-corrected chi connectivity index (χ3v) is 4.88. The van der Waals surface area contributed by atoms with Crippen LogP contribution in [0.25, 0.3) is 0 Å². The molecule has 6 heteroatoms. The van der Waals surface area contributed by atoms with E-state index in [0.29, 0.717) is 6.54 Å². The summed E-state index contributed by atoms with van der Waals surface area (Å²) in [4.78, 5) is 28.5. The number of carbonyl (C=O) groups is 2. The number of ether oxygens (including phenoxy) is 1. The Bertz CT molecular complexity index is 601. The number of likely N-dealkylation sites (tertiary alicyclic amines) is 1. The Morgan fingerprint density at radius 3 is 2.64 bits per heavy atom. The number of carbonyl (C=O) groups excluding carboxylic acids is 2. The predicted octanol–water partition coefficient (Wildman–Crippen LogP) is 2.13. The van der Waals surface area contributed by atoms with E-state index >= 15 is 0 Å². The average Bonchev–Trinajstić information content (AvgIpc) is 3.35. The fraction of sp³-hybridized carbons (Fsp3) is 0.579. The van der Waals surface area contributed by atoms with Crippen LogP contribution < -0.4 is 5.73 Å². The second-order valence-electron chi connectivity index (χ2n) is 7.04. The van der Waals surface area contributed by atoms with Crippen molar-refractivity contribution in [3.05, 3.63) is 35.9 Å². The molecule has 1 saturated carbocycles. The Morgan fingerprint density at radius 1 is 1.28 bits per heavy atom. The van der Waals surface area contributed by atoms with Crippen LogP contribution in [-0.4, -0.2) is 53.0 Å². The van der Waals surface area contributed by atoms with E-state index in [0.717, 1.165) is 37.8 Å². The van der Waals surface area contributed by atoms with Crippen molar-refractivity contribution in [1.82, 2.24) is 9.80 Å². The van der Waals surface area contributed by atoms with Gasteiger partial charge in [0.25, 0.3) is 0 Å². The number of nitrogens with zero attached hydrogens (tertiary/aromatic N) is 2. The monoisotopic (exact) mass is 345 g/mol. The SMILES string of the molecule is C[C@H](N)C(=O)N1CCCC1CN(C(=O)OCc1ccccc1)C1CC1. The van der Waals surface area contributed by atoms with Crippen molar-refractivity contribution in [2.45, 2.75) is 57.3 Å². The standard InChI is InChI=1S/C19H27N3O3/c1-14(20)18(23)21-11-5-8-17(21)12-22(16-9-10-16)19(24)25-13-15-6-3-2-4-7-15/h2-4,6-7,14,16-17H,5,8-13,20H2,1H3/t14-,17?/m0/s1. The summed E-state index contributed by atoms with van der Waals surface area (Å²) < 4.78 is 5.50. The Balaban J connectivity index is 1.59. The number of amides is 2. The van der Waals surface area contributed by atoms with E-state index in [1.807, 2.05) is 35.2 Å². The molecule has 1 heterocycles. The first-order valence-corrected chi connectivity index (χ1v) is 9.09. The topological polar surface area (TPSA) is 75.9 Å². The first-order chi connectivity index (χ1) is 12.1. The van der Waals surface area contributed by atoms with Gasteiger partial charge in [0.05, 0.1) is 6.04 Å². The van der Waals surface area contributed by atoms with Gasteiger partial charge in [-0.25, -0.2) is 4.79 Å². The molecule has 0 spiro atoms. The van der Waals surface area contributed by atoms with Crippen LogP contribution in [0.4, 0.5) is 4.79 Å². The summed E-state index contributed by atoms with van der Waals surface area (Å²) in [6.07, 6.45) is 3.60. The summed E-state index contributed by atoms with van der Waals surface area (Å²) in [7, 11) is 0. The summed E-state index contributed by atoms with van der Waals surface area (Å²) in [6.45, 7) is 3.25. The maximum Gasteiger partial charge on any atom is 0.410 e. The molecule has 1 unspecified atom stereocenters. The molecular weight excluding hydrogens is 318 g/mol. The summed E-state index contributed by atoms with van der Waals surface area (Å²) >= 11 is 0. The van der Waals surface area contributed by atoms with Gasteiger partial charge in [0.2, 0.25) is 5.91 Å². The van der Waals surface area contributed by atoms with E-state index in [9.17, 15) is 9.59 Å². The summed E-state index contributed by atoms with van der Waals surface area (Å²) in [5.74, 6) is -0.0316. The van der Waals surface area contributed by atoms with Gasteiger partial charge in [0, 0.05) is 25.2 Å². The van der Waals surface area contributed by atoms with Crippen LogP contribution in [0.15, 0.2) is 30.3 Å². The lowest BCUT2D eigenvalue weighted by Gasteiger charge is -2.31. The fourth-order valence-corrected chi connectivity index (χ4v) is 3.37. The Morgan fingerprint density at radius 2 is 2.00 bits per heavy atom. The molecule has 0 radical (unpaired) electrons. The molecule has 1 aromatic carbocycles. The molecule has 0 bridgehead atoms. The number of rotatable bonds is 6. The van der Waals surface area contributed by atoms with Crippen molar-refractivity contribution in [1.29, 1.82) is 0 Å². The van der Waals surface area contributed by atoms with Crippen LogP contribution in [-0.2, 0) is 16.1 Å². The molecule has 2 atom stereocenters. The highest BCUT2D eigenvalue weighted by Gasteiger charge is 2.38. The summed E-state index contributed by atoms with van der Waals surface area (Å²) in [6, 6.07) is 9.46. The maximum atomic E-state index is 12.6. The molecule has 1 aliphatic heterocycles. The van der Waals surface area contributed by atoms with E-state index in [2.05, 4.69) is 0 Å². The minimum Gasteiger partial charge on any atom is -0.445 e. The summed E-state index contributed by atoms with van der Waals surface area (Å²) in [5, 5.41) is 0. The second kappa shape index (κ2) is 7.87. The lowest BCUT2D eigenvalue weighted by Crippen LogP contribution is -2.50. The number of nitrogens with two attached hydrogens (primary N) is 1. The molecule has 25 heavy (non-hydrogen) atoms. The highest BCUT2D eigenvalue weighted by atomic mass is 16.6. The Labute approximate surface area is 148 Å². The molecule has 3 rings (SSSR count). The molecule has 1 aliphatic carbocycles. The lowest BCUT2D eigenvalue weighted by atomic mass is 10.2. The molecule has 2 amide bonds. The van der Waals surface area contributed by atoms with Crippen LogP contribution in [0.2, 0.25) is 0 Å². The molecule has 1 saturated heterocycles. The van der Waals surface area contributed by atoms with Gasteiger partial charge in [-0.05, 0) is 38.2 Å². The van der Waals surface area contributed by atoms with E-state index in [-0.39, 0.29) is 30.7 Å². The third kappa shape index (κ3) is 4.51. The largest absolute Gasteiger partial charge is 0.445 e. The molecule has 6 nitrogen and oxygen atoms in total. The molecular formula is C19H27N3O3. The zero-order valence-electron chi connectivity index (χ0n) is 14.8. The van der Waals surface area contributed by atoms with E-state index in [1.165, 1.54) is 0 Å². The van der Waals surface area contributed by atoms with Crippen molar-refractivity contribution >= 4 is 12.0 Å². The highest BCUT2D eigenvalue weighted by Crippen LogP contribution is 2.30. The Kier molecular flexibility index (Phi) is 5.58. The molecule has 2 aliphatic rings. The minimum absolute atomic E-state index is 0.0316. The van der Waals surface area contributed by atoms with Crippen LogP contribution >= 0.6 is 0 Å². The third-order valence-electron chi connectivity index (χ3n) is 4.88. The fourth-order valence-electron chi connectivity index (χ4n) is 3.37. The quantitative estimate of drug-likeness (QED) is 0.857. The Hall–Kier alpha value is -2.08. The van der Waals surface area contributed by atoms with Gasteiger partial charge < -0.3 is 20.3 Å². The first kappa shape index (κ1) is 17.7. The maximum absolute atomic E-state index is 12.6. The zero-order valence-corrected chi connectivity index (χ0v) is 14.8. The van der Waals surface area contributed by atoms with Gasteiger partial charge in [-0.3, -0.25) is 4.79 Å². The predicted molar refractivity (Wildman–Crippen MR) is 94.7 cm³/mol. The van der Waals surface area contributed by atoms with E-state index < -0.39 is 6.04 Å². The molecule has 2 N–H and O–H groups in total. The number of hydrogen-bond donors (Lipinski definition) is 1. The van der Waals surface area contributed by atoms with Crippen molar-refractivity contribution in [3.63, 3.8) is 0 Å². The van der Waals surface area contributed by atoms with Crippen LogP contribution in [0.3, 0.4) is 0 Å².